The van der Waals surface area contributed by atoms with E-state index in [4.69, 9.17) is 16.3 Å². The van der Waals surface area contributed by atoms with Gasteiger partial charge in [0.25, 0.3) is 5.91 Å². The van der Waals surface area contributed by atoms with Crippen LogP contribution in [-0.4, -0.2) is 40.2 Å². The maximum atomic E-state index is 12.5. The number of anilines is 2. The van der Waals surface area contributed by atoms with Crippen LogP contribution in [0.1, 0.15) is 41.5 Å². The molecule has 2 aromatic rings. The van der Waals surface area contributed by atoms with Gasteiger partial charge in [0.1, 0.15) is 0 Å². The number of nitrogens with zero attached hydrogens (tertiary/aromatic N) is 3. The molecule has 1 saturated heterocycles. The molecule has 1 N–H and O–H groups in total. The van der Waals surface area contributed by atoms with Gasteiger partial charge in [0.2, 0.25) is 5.91 Å². The van der Waals surface area contributed by atoms with Crippen LogP contribution in [0.5, 0.6) is 0 Å². The third-order valence-corrected chi connectivity index (χ3v) is 5.28. The van der Waals surface area contributed by atoms with Crippen LogP contribution in [0.3, 0.4) is 0 Å². The van der Waals surface area contributed by atoms with Gasteiger partial charge in [-0.25, -0.2) is 4.79 Å². The number of hydrogen-bond donors (Lipinski definition) is 1. The van der Waals surface area contributed by atoms with Crippen molar-refractivity contribution in [3.8, 4) is 0 Å². The molecule has 29 heavy (non-hydrogen) atoms. The number of benzene rings is 1. The number of aryl methyl sites for hydroxylation is 2. The number of amides is 2. The van der Waals surface area contributed by atoms with Gasteiger partial charge in [-0.05, 0) is 45.4 Å². The molecule has 1 aromatic carbocycles. The number of esters is 1. The predicted molar refractivity (Wildman–Crippen MR) is 109 cm³/mol. The number of carbonyl (C=O) groups excluding carboxylic acids is 3. The Morgan fingerprint density at radius 3 is 2.62 bits per heavy atom. The Bertz CT molecular complexity index is 985. The second-order valence-corrected chi connectivity index (χ2v) is 7.43. The third-order valence-electron chi connectivity index (χ3n) is 4.96. The number of rotatable bonds is 5. The lowest BCUT2D eigenvalue weighted by atomic mass is 10.2. The van der Waals surface area contributed by atoms with Gasteiger partial charge in [0, 0.05) is 20.0 Å². The van der Waals surface area contributed by atoms with Crippen molar-refractivity contribution in [2.24, 2.45) is 7.05 Å². The number of nitrogens with one attached hydrogen (secondary N) is 1. The van der Waals surface area contributed by atoms with Gasteiger partial charge in [-0.1, -0.05) is 11.6 Å². The normalized spacial score (nSPS) is 14.8. The fourth-order valence-corrected chi connectivity index (χ4v) is 3.43. The topological polar surface area (TPSA) is 93.5 Å². The molecule has 0 bridgehead atoms. The molecular weight excluding hydrogens is 396 g/mol. The van der Waals surface area contributed by atoms with Crippen LogP contribution >= 0.6 is 11.6 Å². The smallest absolute Gasteiger partial charge is 0.338 e. The highest BCUT2D eigenvalue weighted by Gasteiger charge is 2.26. The van der Waals surface area contributed by atoms with E-state index in [1.54, 1.807) is 29.6 Å². The van der Waals surface area contributed by atoms with E-state index in [1.807, 2.05) is 6.92 Å². The van der Waals surface area contributed by atoms with Crippen molar-refractivity contribution >= 4 is 40.8 Å². The minimum atomic E-state index is -1.02. The first kappa shape index (κ1) is 20.9. The maximum absolute atomic E-state index is 12.5. The number of halogens is 1. The van der Waals surface area contributed by atoms with E-state index in [0.717, 1.165) is 12.1 Å². The number of ether oxygens (including phenoxy) is 1. The number of hydrogen-bond acceptors (Lipinski definition) is 5. The fraction of sp³-hybridized carbons (Fsp3) is 0.400. The van der Waals surface area contributed by atoms with Crippen LogP contribution in [0, 0.1) is 13.8 Å². The predicted octanol–water partition coefficient (Wildman–Crippen LogP) is 3.00. The third kappa shape index (κ3) is 4.27. The minimum Gasteiger partial charge on any atom is -0.449 e. The van der Waals surface area contributed by atoms with Crippen molar-refractivity contribution < 1.29 is 19.1 Å². The first-order valence-electron chi connectivity index (χ1n) is 9.31. The molecule has 2 amide bonds. The Morgan fingerprint density at radius 2 is 2.03 bits per heavy atom. The Kier molecular flexibility index (Phi) is 5.93. The summed E-state index contributed by atoms with van der Waals surface area (Å²) in [4.78, 5) is 38.6. The average molecular weight is 419 g/mol. The van der Waals surface area contributed by atoms with E-state index in [1.165, 1.54) is 19.1 Å². The zero-order chi connectivity index (χ0) is 21.3. The lowest BCUT2D eigenvalue weighted by molar-refractivity contribution is -0.123. The molecule has 1 fully saturated rings. The van der Waals surface area contributed by atoms with E-state index in [9.17, 15) is 14.4 Å². The molecule has 0 spiro atoms. The van der Waals surface area contributed by atoms with Crippen molar-refractivity contribution in [1.29, 1.82) is 0 Å². The summed E-state index contributed by atoms with van der Waals surface area (Å²) in [6.07, 6.45) is 0.179. The van der Waals surface area contributed by atoms with Gasteiger partial charge in [-0.2, -0.15) is 5.10 Å². The summed E-state index contributed by atoms with van der Waals surface area (Å²) < 4.78 is 6.98. The van der Waals surface area contributed by atoms with E-state index in [2.05, 4.69) is 10.4 Å². The number of aromatic nitrogens is 2. The summed E-state index contributed by atoms with van der Waals surface area (Å²) in [7, 11) is 1.78. The molecule has 1 aliphatic rings. The summed E-state index contributed by atoms with van der Waals surface area (Å²) in [5.74, 6) is -1.16. The Hall–Kier alpha value is -2.87. The first-order valence-corrected chi connectivity index (χ1v) is 9.68. The zero-order valence-corrected chi connectivity index (χ0v) is 17.5. The van der Waals surface area contributed by atoms with Gasteiger partial charge in [0.05, 0.1) is 33.3 Å². The second-order valence-electron chi connectivity index (χ2n) is 7.02. The van der Waals surface area contributed by atoms with Crippen molar-refractivity contribution in [3.63, 3.8) is 0 Å². The standard InChI is InChI=1S/C20H23ClN4O4/c1-11-18(12(2)24(4)23-11)22-19(27)13(3)29-20(28)14-7-8-15(21)16(10-14)25-9-5-6-17(25)26/h7-8,10,13H,5-6,9H2,1-4H3,(H,22,27)/t13-/m1/s1. The molecule has 0 radical (unpaired) electrons. The van der Waals surface area contributed by atoms with Gasteiger partial charge in [-0.15, -0.1) is 0 Å². The van der Waals surface area contributed by atoms with Gasteiger partial charge in [0.15, 0.2) is 6.10 Å². The largest absolute Gasteiger partial charge is 0.449 e. The zero-order valence-electron chi connectivity index (χ0n) is 16.8. The van der Waals surface area contributed by atoms with Gasteiger partial charge < -0.3 is 15.0 Å². The number of carbonyl (C=O) groups is 3. The monoisotopic (exact) mass is 418 g/mol. The first-order chi connectivity index (χ1) is 13.7. The summed E-state index contributed by atoms with van der Waals surface area (Å²) in [6.45, 7) is 5.67. The average Bonchev–Trinajstić information content (AvgIpc) is 3.20. The van der Waals surface area contributed by atoms with E-state index in [-0.39, 0.29) is 11.5 Å². The van der Waals surface area contributed by atoms with Crippen molar-refractivity contribution in [1.82, 2.24) is 9.78 Å². The van der Waals surface area contributed by atoms with Crippen LogP contribution in [0.2, 0.25) is 5.02 Å². The second kappa shape index (κ2) is 8.24. The minimum absolute atomic E-state index is 0.0348. The lowest BCUT2D eigenvalue weighted by Crippen LogP contribution is -2.30. The highest BCUT2D eigenvalue weighted by atomic mass is 35.5. The van der Waals surface area contributed by atoms with Crippen LogP contribution in [0.15, 0.2) is 18.2 Å². The van der Waals surface area contributed by atoms with Crippen LogP contribution in [0.4, 0.5) is 11.4 Å². The molecule has 0 saturated carbocycles. The summed E-state index contributed by atoms with van der Waals surface area (Å²) in [5.41, 5.74) is 2.77. The van der Waals surface area contributed by atoms with Crippen molar-refractivity contribution in [3.05, 3.63) is 40.2 Å². The molecule has 154 valence electrons. The van der Waals surface area contributed by atoms with Crippen molar-refractivity contribution in [2.45, 2.75) is 39.7 Å². The molecule has 0 unspecified atom stereocenters. The molecule has 1 aliphatic heterocycles. The fourth-order valence-electron chi connectivity index (χ4n) is 3.21. The highest BCUT2D eigenvalue weighted by Crippen LogP contribution is 2.30. The molecule has 1 aromatic heterocycles. The summed E-state index contributed by atoms with van der Waals surface area (Å²) in [5, 5.41) is 7.38. The Labute approximate surface area is 173 Å². The summed E-state index contributed by atoms with van der Waals surface area (Å²) in [6, 6.07) is 4.58. The molecule has 0 aliphatic carbocycles. The van der Waals surface area contributed by atoms with Crippen molar-refractivity contribution in [2.75, 3.05) is 16.8 Å². The molecule has 9 heteroatoms. The van der Waals surface area contributed by atoms with E-state index >= 15 is 0 Å². The molecule has 3 rings (SSSR count). The Morgan fingerprint density at radius 1 is 1.31 bits per heavy atom. The quantitative estimate of drug-likeness (QED) is 0.753. The van der Waals surface area contributed by atoms with Crippen LogP contribution in [-0.2, 0) is 21.4 Å². The Balaban J connectivity index is 1.71. The van der Waals surface area contributed by atoms with Gasteiger partial charge in [-0.3, -0.25) is 14.3 Å². The van der Waals surface area contributed by atoms with Gasteiger partial charge >= 0.3 is 5.97 Å². The molecular formula is C20H23ClN4O4. The van der Waals surface area contributed by atoms with Crippen LogP contribution < -0.4 is 10.2 Å². The van der Waals surface area contributed by atoms with E-state index in [0.29, 0.717) is 35.1 Å². The molecule has 2 heterocycles. The van der Waals surface area contributed by atoms with Crippen LogP contribution in [0.25, 0.3) is 0 Å². The highest BCUT2D eigenvalue weighted by molar-refractivity contribution is 6.34. The molecule has 8 nitrogen and oxygen atoms in total. The maximum Gasteiger partial charge on any atom is 0.338 e. The molecule has 1 atom stereocenters. The SMILES string of the molecule is Cc1nn(C)c(C)c1NC(=O)[C@@H](C)OC(=O)c1ccc(Cl)c(N2CCCC2=O)c1. The lowest BCUT2D eigenvalue weighted by Gasteiger charge is -2.19. The van der Waals surface area contributed by atoms with E-state index < -0.39 is 18.0 Å². The summed E-state index contributed by atoms with van der Waals surface area (Å²) >= 11 is 6.21.